The summed E-state index contributed by atoms with van der Waals surface area (Å²) in [5.74, 6) is -0.879. The highest BCUT2D eigenvalue weighted by Crippen LogP contribution is 2.29. The monoisotopic (exact) mass is 433 g/mol. The molecule has 0 heterocycles. The molecule has 2 rings (SSSR count). The van der Waals surface area contributed by atoms with Gasteiger partial charge in [-0.1, -0.05) is 28.1 Å². The average molecular weight is 435 g/mol. The van der Waals surface area contributed by atoms with Gasteiger partial charge in [0.2, 0.25) is 0 Å². The second kappa shape index (κ2) is 6.17. The van der Waals surface area contributed by atoms with Gasteiger partial charge in [-0.25, -0.2) is 0 Å². The zero-order valence-corrected chi connectivity index (χ0v) is 14.4. The van der Waals surface area contributed by atoms with Crippen molar-refractivity contribution >= 4 is 47.9 Å². The maximum absolute atomic E-state index is 12.3. The molecule has 0 spiro atoms. The number of carbonyl (C=O) groups is 1. The van der Waals surface area contributed by atoms with Gasteiger partial charge in [0.25, 0.3) is 5.91 Å². The quantitative estimate of drug-likeness (QED) is 0.749. The zero-order valence-electron chi connectivity index (χ0n) is 10.4. The average Bonchev–Trinajstić information content (AvgIpc) is 2.37. The Labute approximate surface area is 138 Å². The number of primary amides is 1. The van der Waals surface area contributed by atoms with E-state index in [0.29, 0.717) is 8.95 Å². The van der Waals surface area contributed by atoms with Crippen molar-refractivity contribution in [2.75, 3.05) is 0 Å². The summed E-state index contributed by atoms with van der Waals surface area (Å²) in [5, 5.41) is 0. The lowest BCUT2D eigenvalue weighted by Gasteiger charge is -2.11. The van der Waals surface area contributed by atoms with Gasteiger partial charge in [0.05, 0.1) is 5.56 Å². The summed E-state index contributed by atoms with van der Waals surface area (Å²) >= 11 is 6.40. The minimum Gasteiger partial charge on any atom is -0.378 e. The summed E-state index contributed by atoms with van der Waals surface area (Å²) < 4.78 is 30.7. The van der Waals surface area contributed by atoms with E-state index in [9.17, 15) is 13.2 Å². The predicted molar refractivity (Wildman–Crippen MR) is 84.6 cm³/mol. The van der Waals surface area contributed by atoms with E-state index in [0.717, 1.165) is 0 Å². The minimum atomic E-state index is -4.09. The summed E-state index contributed by atoms with van der Waals surface area (Å²) in [5.41, 5.74) is 5.19. The molecule has 1 amide bonds. The van der Waals surface area contributed by atoms with Crippen LogP contribution in [0.5, 0.6) is 5.75 Å². The third kappa shape index (κ3) is 3.63. The van der Waals surface area contributed by atoms with Crippen molar-refractivity contribution in [1.29, 1.82) is 0 Å². The van der Waals surface area contributed by atoms with E-state index in [1.807, 2.05) is 0 Å². The molecule has 0 aliphatic heterocycles. The molecular formula is C13H9Br2NO4S. The highest BCUT2D eigenvalue weighted by atomic mass is 79.9. The molecule has 0 aromatic heterocycles. The number of carbonyl (C=O) groups excluding carboxylic acids is 1. The number of para-hydroxylation sites is 1. The van der Waals surface area contributed by atoms with E-state index in [1.54, 1.807) is 24.3 Å². The highest BCUT2D eigenvalue weighted by Gasteiger charge is 2.22. The number of hydrogen-bond acceptors (Lipinski definition) is 4. The maximum Gasteiger partial charge on any atom is 0.340 e. The Kier molecular flexibility index (Phi) is 4.70. The van der Waals surface area contributed by atoms with Gasteiger partial charge in [0.15, 0.2) is 5.75 Å². The molecule has 0 aliphatic rings. The maximum atomic E-state index is 12.3. The molecule has 110 valence electrons. The predicted octanol–water partition coefficient (Wildman–Crippen LogP) is 3.08. The first-order valence-corrected chi connectivity index (χ1v) is 8.59. The van der Waals surface area contributed by atoms with Crippen LogP contribution in [0.15, 0.2) is 56.3 Å². The summed E-state index contributed by atoms with van der Waals surface area (Å²) in [7, 11) is -4.09. The summed E-state index contributed by atoms with van der Waals surface area (Å²) in [4.78, 5) is 11.2. The summed E-state index contributed by atoms with van der Waals surface area (Å²) in [6.07, 6.45) is 0. The van der Waals surface area contributed by atoms with Crippen LogP contribution in [0.4, 0.5) is 0 Å². The van der Waals surface area contributed by atoms with Crippen LogP contribution in [-0.4, -0.2) is 14.3 Å². The SMILES string of the molecule is NC(=O)c1ccccc1OS(=O)(=O)c1ccc(Br)cc1Br. The van der Waals surface area contributed by atoms with Crippen molar-refractivity contribution in [3.8, 4) is 5.75 Å². The largest absolute Gasteiger partial charge is 0.378 e. The number of amides is 1. The van der Waals surface area contributed by atoms with E-state index in [-0.39, 0.29) is 16.2 Å². The van der Waals surface area contributed by atoms with Crippen molar-refractivity contribution in [1.82, 2.24) is 0 Å². The first-order chi connectivity index (χ1) is 9.81. The number of rotatable bonds is 4. The molecule has 5 nitrogen and oxygen atoms in total. The molecular weight excluding hydrogens is 426 g/mol. The molecule has 0 saturated heterocycles. The number of nitrogens with two attached hydrogens (primary N) is 1. The Balaban J connectivity index is 2.45. The van der Waals surface area contributed by atoms with Crippen molar-refractivity contribution in [3.05, 3.63) is 57.0 Å². The third-order valence-electron chi connectivity index (χ3n) is 2.52. The Morgan fingerprint density at radius 2 is 1.76 bits per heavy atom. The van der Waals surface area contributed by atoms with Gasteiger partial charge >= 0.3 is 10.1 Å². The van der Waals surface area contributed by atoms with Crippen LogP contribution in [-0.2, 0) is 10.1 Å². The molecule has 0 fully saturated rings. The minimum absolute atomic E-state index is 0.00527. The van der Waals surface area contributed by atoms with Crippen molar-refractivity contribution in [2.45, 2.75) is 4.90 Å². The van der Waals surface area contributed by atoms with E-state index in [2.05, 4.69) is 31.9 Å². The van der Waals surface area contributed by atoms with Crippen LogP contribution in [0.3, 0.4) is 0 Å². The van der Waals surface area contributed by atoms with Crippen molar-refractivity contribution in [3.63, 3.8) is 0 Å². The van der Waals surface area contributed by atoms with Gasteiger partial charge in [-0.05, 0) is 46.3 Å². The smallest absolute Gasteiger partial charge is 0.340 e. The summed E-state index contributed by atoms with van der Waals surface area (Å²) in [6.45, 7) is 0. The molecule has 0 unspecified atom stereocenters. The van der Waals surface area contributed by atoms with Crippen LogP contribution in [0.25, 0.3) is 0 Å². The van der Waals surface area contributed by atoms with E-state index >= 15 is 0 Å². The van der Waals surface area contributed by atoms with Gasteiger partial charge in [-0.2, -0.15) is 8.42 Å². The van der Waals surface area contributed by atoms with Gasteiger partial charge in [0, 0.05) is 8.95 Å². The van der Waals surface area contributed by atoms with Crippen LogP contribution < -0.4 is 9.92 Å². The number of benzene rings is 2. The highest BCUT2D eigenvalue weighted by molar-refractivity contribution is 9.11. The first kappa shape index (κ1) is 16.0. The van der Waals surface area contributed by atoms with Gasteiger partial charge < -0.3 is 9.92 Å². The Hall–Kier alpha value is -1.38. The fourth-order valence-electron chi connectivity index (χ4n) is 1.58. The molecule has 8 heteroatoms. The lowest BCUT2D eigenvalue weighted by molar-refractivity contribution is 0.0999. The molecule has 21 heavy (non-hydrogen) atoms. The number of hydrogen-bond donors (Lipinski definition) is 1. The normalized spacial score (nSPS) is 11.1. The molecule has 0 bridgehead atoms. The standard InChI is InChI=1S/C13H9Br2NO4S/c14-8-5-6-12(10(15)7-8)21(18,19)20-11-4-2-1-3-9(11)13(16)17/h1-7H,(H2,16,17). The van der Waals surface area contributed by atoms with E-state index in [4.69, 9.17) is 9.92 Å². The second-order valence-corrected chi connectivity index (χ2v) is 7.26. The fraction of sp³-hybridized carbons (Fsp3) is 0. The molecule has 0 atom stereocenters. The van der Waals surface area contributed by atoms with Crippen LogP contribution in [0.2, 0.25) is 0 Å². The summed E-state index contributed by atoms with van der Waals surface area (Å²) in [6, 6.07) is 10.4. The molecule has 2 aromatic carbocycles. The fourth-order valence-corrected chi connectivity index (χ4v) is 4.23. The zero-order chi connectivity index (χ0) is 15.6. The number of halogens is 2. The Morgan fingerprint density at radius 3 is 2.38 bits per heavy atom. The molecule has 0 saturated carbocycles. The van der Waals surface area contributed by atoms with Gasteiger partial charge in [-0.3, -0.25) is 4.79 Å². The van der Waals surface area contributed by atoms with E-state index in [1.165, 1.54) is 18.2 Å². The Morgan fingerprint density at radius 1 is 1.10 bits per heavy atom. The topological polar surface area (TPSA) is 86.5 Å². The first-order valence-electron chi connectivity index (χ1n) is 5.59. The van der Waals surface area contributed by atoms with Crippen LogP contribution >= 0.6 is 31.9 Å². The van der Waals surface area contributed by atoms with Crippen molar-refractivity contribution in [2.24, 2.45) is 5.73 Å². The second-order valence-electron chi connectivity index (χ2n) is 3.97. The van der Waals surface area contributed by atoms with E-state index < -0.39 is 16.0 Å². The lowest BCUT2D eigenvalue weighted by atomic mass is 10.2. The Bertz CT molecular complexity index is 806. The molecule has 0 aliphatic carbocycles. The van der Waals surface area contributed by atoms with Gasteiger partial charge in [-0.15, -0.1) is 0 Å². The lowest BCUT2D eigenvalue weighted by Crippen LogP contribution is -2.16. The van der Waals surface area contributed by atoms with Crippen molar-refractivity contribution < 1.29 is 17.4 Å². The molecule has 2 aromatic rings. The third-order valence-corrected chi connectivity index (χ3v) is 5.22. The van der Waals surface area contributed by atoms with Crippen LogP contribution in [0, 0.1) is 0 Å². The molecule has 0 radical (unpaired) electrons. The van der Waals surface area contributed by atoms with Crippen LogP contribution in [0.1, 0.15) is 10.4 Å². The molecule has 2 N–H and O–H groups in total. The van der Waals surface area contributed by atoms with Gasteiger partial charge in [0.1, 0.15) is 4.90 Å².